The van der Waals surface area contributed by atoms with Gasteiger partial charge in [0, 0.05) is 12.3 Å². The molecular formula is C33H38N2O5. The van der Waals surface area contributed by atoms with E-state index in [1.54, 1.807) is 20.8 Å². The van der Waals surface area contributed by atoms with Gasteiger partial charge < -0.3 is 20.1 Å². The molecule has 3 aromatic rings. The molecule has 2 amide bonds. The molecule has 0 aromatic heterocycles. The summed E-state index contributed by atoms with van der Waals surface area (Å²) in [5.74, 6) is -1.35. The Balaban J connectivity index is 1.43. The quantitative estimate of drug-likeness (QED) is 0.343. The summed E-state index contributed by atoms with van der Waals surface area (Å²) in [4.78, 5) is 39.3. The van der Waals surface area contributed by atoms with Crippen LogP contribution in [-0.4, -0.2) is 42.3 Å². The maximum absolute atomic E-state index is 13.4. The summed E-state index contributed by atoms with van der Waals surface area (Å²) in [6, 6.07) is 23.8. The first-order valence-electron chi connectivity index (χ1n) is 13.7. The minimum absolute atomic E-state index is 0.0908. The van der Waals surface area contributed by atoms with E-state index in [-0.39, 0.29) is 24.9 Å². The minimum atomic E-state index is -0.917. The normalized spacial score (nSPS) is 14.1. The second-order valence-electron chi connectivity index (χ2n) is 11.5. The molecule has 7 nitrogen and oxygen atoms in total. The number of hydrogen-bond donors (Lipinski definition) is 2. The highest BCUT2D eigenvalue weighted by atomic mass is 16.6. The molecule has 3 aromatic carbocycles. The lowest BCUT2D eigenvalue weighted by atomic mass is 9.98. The number of carbonyl (C=O) groups is 3. The van der Waals surface area contributed by atoms with Crippen LogP contribution in [0.25, 0.3) is 11.1 Å². The van der Waals surface area contributed by atoms with Crippen molar-refractivity contribution in [3.05, 3.63) is 95.6 Å². The van der Waals surface area contributed by atoms with E-state index in [4.69, 9.17) is 9.47 Å². The van der Waals surface area contributed by atoms with E-state index in [9.17, 15) is 14.4 Å². The number of amides is 2. The van der Waals surface area contributed by atoms with Gasteiger partial charge in [0.1, 0.15) is 24.3 Å². The molecule has 0 fully saturated rings. The number of hydrogen-bond acceptors (Lipinski definition) is 5. The summed E-state index contributed by atoms with van der Waals surface area (Å²) in [5.41, 5.74) is 4.65. The zero-order chi connectivity index (χ0) is 28.9. The van der Waals surface area contributed by atoms with Crippen LogP contribution < -0.4 is 10.6 Å². The summed E-state index contributed by atoms with van der Waals surface area (Å²) < 4.78 is 11.2. The molecule has 2 atom stereocenters. The predicted octanol–water partition coefficient (Wildman–Crippen LogP) is 5.62. The Labute approximate surface area is 236 Å². The Kier molecular flexibility index (Phi) is 8.93. The van der Waals surface area contributed by atoms with Crippen LogP contribution in [0.4, 0.5) is 4.79 Å². The maximum Gasteiger partial charge on any atom is 0.407 e. The Morgan fingerprint density at radius 3 is 1.90 bits per heavy atom. The van der Waals surface area contributed by atoms with Crippen molar-refractivity contribution in [3.63, 3.8) is 0 Å². The van der Waals surface area contributed by atoms with E-state index in [0.29, 0.717) is 0 Å². The van der Waals surface area contributed by atoms with Crippen LogP contribution in [0.1, 0.15) is 57.2 Å². The van der Waals surface area contributed by atoms with E-state index < -0.39 is 35.7 Å². The van der Waals surface area contributed by atoms with Gasteiger partial charge in [-0.05, 0) is 54.5 Å². The smallest absolute Gasteiger partial charge is 0.407 e. The number of fused-ring (bicyclic) bond motifs is 3. The molecule has 210 valence electrons. The summed E-state index contributed by atoms with van der Waals surface area (Å²) >= 11 is 0. The van der Waals surface area contributed by atoms with Crippen molar-refractivity contribution in [3.8, 4) is 11.1 Å². The van der Waals surface area contributed by atoms with E-state index >= 15 is 0 Å². The van der Waals surface area contributed by atoms with Crippen molar-refractivity contribution in [2.75, 3.05) is 6.61 Å². The van der Waals surface area contributed by atoms with Crippen molar-refractivity contribution in [1.29, 1.82) is 0 Å². The van der Waals surface area contributed by atoms with Crippen molar-refractivity contribution in [2.24, 2.45) is 5.92 Å². The van der Waals surface area contributed by atoms with Crippen molar-refractivity contribution >= 4 is 18.0 Å². The monoisotopic (exact) mass is 542 g/mol. The Bertz CT molecular complexity index is 1300. The second kappa shape index (κ2) is 12.4. The van der Waals surface area contributed by atoms with Crippen LogP contribution in [0.5, 0.6) is 0 Å². The van der Waals surface area contributed by atoms with Crippen LogP contribution in [0.3, 0.4) is 0 Å². The van der Waals surface area contributed by atoms with Gasteiger partial charge in [0.25, 0.3) is 0 Å². The van der Waals surface area contributed by atoms with Gasteiger partial charge in [-0.2, -0.15) is 0 Å². The fraction of sp³-hybridized carbons (Fsp3) is 0.364. The molecule has 40 heavy (non-hydrogen) atoms. The molecule has 1 aliphatic rings. The number of benzene rings is 3. The first-order valence-corrected chi connectivity index (χ1v) is 13.7. The van der Waals surface area contributed by atoms with E-state index in [1.807, 2.05) is 68.4 Å². The zero-order valence-corrected chi connectivity index (χ0v) is 23.8. The highest BCUT2D eigenvalue weighted by Gasteiger charge is 2.33. The summed E-state index contributed by atoms with van der Waals surface area (Å²) in [7, 11) is 0. The molecule has 0 radical (unpaired) electrons. The highest BCUT2D eigenvalue weighted by Crippen LogP contribution is 2.44. The van der Waals surface area contributed by atoms with Gasteiger partial charge in [0.05, 0.1) is 0 Å². The fourth-order valence-corrected chi connectivity index (χ4v) is 4.98. The molecule has 7 heteroatoms. The van der Waals surface area contributed by atoms with Gasteiger partial charge in [-0.25, -0.2) is 9.59 Å². The number of nitrogens with one attached hydrogen (secondary N) is 2. The lowest BCUT2D eigenvalue weighted by Gasteiger charge is -2.27. The summed E-state index contributed by atoms with van der Waals surface area (Å²) in [6.45, 7) is 9.13. The minimum Gasteiger partial charge on any atom is -0.458 e. The SMILES string of the molecule is CC(C)C(NC(=O)OCC1c2ccccc2-c2ccccc21)C(=O)NC(Cc1ccccc1)C(=O)OC(C)(C)C. The van der Waals surface area contributed by atoms with Gasteiger partial charge in [-0.15, -0.1) is 0 Å². The molecule has 0 spiro atoms. The first kappa shape index (κ1) is 28.9. The Morgan fingerprint density at radius 2 is 1.35 bits per heavy atom. The number of ether oxygens (including phenoxy) is 2. The molecule has 0 saturated carbocycles. The number of esters is 1. The summed E-state index contributed by atoms with van der Waals surface area (Å²) in [5, 5.41) is 5.53. The maximum atomic E-state index is 13.4. The van der Waals surface area contributed by atoms with E-state index in [0.717, 1.165) is 27.8 Å². The molecule has 2 N–H and O–H groups in total. The van der Waals surface area contributed by atoms with Gasteiger partial charge in [-0.1, -0.05) is 92.7 Å². The topological polar surface area (TPSA) is 93.7 Å². The molecule has 4 rings (SSSR count). The van der Waals surface area contributed by atoms with Crippen LogP contribution in [0.2, 0.25) is 0 Å². The third-order valence-corrected chi connectivity index (χ3v) is 6.86. The number of rotatable bonds is 9. The average Bonchev–Trinajstić information content (AvgIpc) is 3.23. The van der Waals surface area contributed by atoms with Gasteiger partial charge in [0.15, 0.2) is 0 Å². The lowest BCUT2D eigenvalue weighted by Crippen LogP contribution is -2.55. The third-order valence-electron chi connectivity index (χ3n) is 6.86. The van der Waals surface area contributed by atoms with Crippen LogP contribution >= 0.6 is 0 Å². The summed E-state index contributed by atoms with van der Waals surface area (Å²) in [6.07, 6.45) is -0.426. The van der Waals surface area contributed by atoms with Crippen LogP contribution in [-0.2, 0) is 25.5 Å². The van der Waals surface area contributed by atoms with Crippen LogP contribution in [0.15, 0.2) is 78.9 Å². The standard InChI is InChI=1S/C33H38N2O5/c1-21(2)29(30(36)34-28(31(37)40-33(3,4)5)19-22-13-7-6-8-14-22)35-32(38)39-20-27-25-17-11-9-15-23(25)24-16-10-12-18-26(24)27/h6-18,21,27-29H,19-20H2,1-5H3,(H,34,36)(H,35,38). The van der Waals surface area contributed by atoms with Crippen molar-refractivity contribution in [1.82, 2.24) is 10.6 Å². The van der Waals surface area contributed by atoms with Crippen molar-refractivity contribution in [2.45, 2.75) is 64.6 Å². The van der Waals surface area contributed by atoms with E-state index in [1.165, 1.54) is 0 Å². The number of alkyl carbamates (subject to hydrolysis) is 1. The van der Waals surface area contributed by atoms with Gasteiger partial charge in [-0.3, -0.25) is 4.79 Å². The zero-order valence-electron chi connectivity index (χ0n) is 23.8. The molecule has 0 bridgehead atoms. The molecule has 0 aliphatic heterocycles. The molecule has 2 unspecified atom stereocenters. The van der Waals surface area contributed by atoms with Crippen LogP contribution in [0, 0.1) is 5.92 Å². The second-order valence-corrected chi connectivity index (χ2v) is 11.5. The molecular weight excluding hydrogens is 504 g/mol. The predicted molar refractivity (Wildman–Crippen MR) is 155 cm³/mol. The Morgan fingerprint density at radius 1 is 0.800 bits per heavy atom. The van der Waals surface area contributed by atoms with Gasteiger partial charge >= 0.3 is 12.1 Å². The first-order chi connectivity index (χ1) is 19.0. The molecule has 0 heterocycles. The largest absolute Gasteiger partial charge is 0.458 e. The third kappa shape index (κ3) is 7.08. The fourth-order valence-electron chi connectivity index (χ4n) is 4.98. The Hall–Kier alpha value is -4.13. The lowest BCUT2D eigenvalue weighted by molar-refractivity contribution is -0.158. The van der Waals surface area contributed by atoms with E-state index in [2.05, 4.69) is 34.9 Å². The van der Waals surface area contributed by atoms with Gasteiger partial charge in [0.2, 0.25) is 5.91 Å². The van der Waals surface area contributed by atoms with Crippen molar-refractivity contribution < 1.29 is 23.9 Å². The molecule has 1 aliphatic carbocycles. The average molecular weight is 543 g/mol. The number of carbonyl (C=O) groups excluding carboxylic acids is 3. The highest BCUT2D eigenvalue weighted by molar-refractivity contribution is 5.90. The molecule has 0 saturated heterocycles.